The standard InChI is InChI=1S/C15H20O4/c1-5-6-11-7-8-12(13(9-11)18-4)19-10-15(2,3)14(16)17/h5-9H,10H2,1-4H3,(H,16,17). The molecule has 0 heterocycles. The summed E-state index contributed by atoms with van der Waals surface area (Å²) in [5, 5.41) is 9.04. The van der Waals surface area contributed by atoms with E-state index < -0.39 is 11.4 Å². The number of carboxylic acids is 1. The van der Waals surface area contributed by atoms with Crippen LogP contribution in [0.3, 0.4) is 0 Å². The van der Waals surface area contributed by atoms with E-state index in [1.165, 1.54) is 0 Å². The van der Waals surface area contributed by atoms with E-state index in [9.17, 15) is 4.79 Å². The predicted molar refractivity (Wildman–Crippen MR) is 74.6 cm³/mol. The molecule has 0 aliphatic rings. The van der Waals surface area contributed by atoms with E-state index in [-0.39, 0.29) is 6.61 Å². The van der Waals surface area contributed by atoms with Gasteiger partial charge >= 0.3 is 5.97 Å². The van der Waals surface area contributed by atoms with Crippen LogP contribution in [0, 0.1) is 5.41 Å². The van der Waals surface area contributed by atoms with Gasteiger partial charge in [-0.1, -0.05) is 18.2 Å². The van der Waals surface area contributed by atoms with Crippen LogP contribution in [-0.4, -0.2) is 24.8 Å². The van der Waals surface area contributed by atoms with Gasteiger partial charge in [0.25, 0.3) is 0 Å². The summed E-state index contributed by atoms with van der Waals surface area (Å²) in [4.78, 5) is 11.0. The van der Waals surface area contributed by atoms with Crippen LogP contribution in [0.2, 0.25) is 0 Å². The number of methoxy groups -OCH3 is 1. The smallest absolute Gasteiger partial charge is 0.312 e. The van der Waals surface area contributed by atoms with Crippen molar-refractivity contribution in [3.63, 3.8) is 0 Å². The Kier molecular flexibility index (Phi) is 4.98. The highest BCUT2D eigenvalue weighted by Gasteiger charge is 2.28. The Morgan fingerprint density at radius 2 is 2.05 bits per heavy atom. The first kappa shape index (κ1) is 15.1. The zero-order valence-corrected chi connectivity index (χ0v) is 11.8. The van der Waals surface area contributed by atoms with Crippen molar-refractivity contribution in [2.45, 2.75) is 20.8 Å². The molecular weight excluding hydrogens is 244 g/mol. The molecule has 1 rings (SSSR count). The van der Waals surface area contributed by atoms with Crippen LogP contribution >= 0.6 is 0 Å². The average molecular weight is 264 g/mol. The summed E-state index contributed by atoms with van der Waals surface area (Å²) in [5.41, 5.74) is 0.0664. The minimum absolute atomic E-state index is 0.0850. The fourth-order valence-electron chi connectivity index (χ4n) is 1.42. The van der Waals surface area contributed by atoms with Crippen LogP contribution in [0.25, 0.3) is 6.08 Å². The van der Waals surface area contributed by atoms with Crippen molar-refractivity contribution in [3.8, 4) is 11.5 Å². The highest BCUT2D eigenvalue weighted by Crippen LogP contribution is 2.30. The fraction of sp³-hybridized carbons (Fsp3) is 0.400. The topological polar surface area (TPSA) is 55.8 Å². The van der Waals surface area contributed by atoms with Gasteiger partial charge in [0.1, 0.15) is 6.61 Å². The molecule has 0 unspecified atom stereocenters. The van der Waals surface area contributed by atoms with Crippen LogP contribution in [0.1, 0.15) is 26.3 Å². The van der Waals surface area contributed by atoms with Gasteiger partial charge < -0.3 is 14.6 Å². The van der Waals surface area contributed by atoms with E-state index in [4.69, 9.17) is 14.6 Å². The van der Waals surface area contributed by atoms with Gasteiger partial charge in [-0.3, -0.25) is 4.79 Å². The molecule has 4 nitrogen and oxygen atoms in total. The molecule has 0 bridgehead atoms. The summed E-state index contributed by atoms with van der Waals surface area (Å²) in [6.45, 7) is 5.26. The zero-order chi connectivity index (χ0) is 14.5. The first-order valence-electron chi connectivity index (χ1n) is 6.07. The van der Waals surface area contributed by atoms with Crippen LogP contribution < -0.4 is 9.47 Å². The average Bonchev–Trinajstić information content (AvgIpc) is 2.37. The lowest BCUT2D eigenvalue weighted by Gasteiger charge is -2.20. The third-order valence-corrected chi connectivity index (χ3v) is 2.71. The Labute approximate surface area is 113 Å². The van der Waals surface area contributed by atoms with Crippen molar-refractivity contribution in [1.82, 2.24) is 0 Å². The predicted octanol–water partition coefficient (Wildman–Crippen LogP) is 3.22. The van der Waals surface area contributed by atoms with Gasteiger partial charge in [-0.2, -0.15) is 0 Å². The van der Waals surface area contributed by atoms with E-state index in [1.54, 1.807) is 27.0 Å². The molecule has 1 N–H and O–H groups in total. The normalized spacial score (nSPS) is 11.6. The number of carboxylic acid groups (broad SMARTS) is 1. The molecule has 19 heavy (non-hydrogen) atoms. The van der Waals surface area contributed by atoms with Gasteiger partial charge in [-0.25, -0.2) is 0 Å². The number of carbonyl (C=O) groups is 1. The second kappa shape index (κ2) is 6.27. The number of hydrogen-bond acceptors (Lipinski definition) is 3. The third-order valence-electron chi connectivity index (χ3n) is 2.71. The van der Waals surface area contributed by atoms with Gasteiger partial charge in [0.2, 0.25) is 0 Å². The highest BCUT2D eigenvalue weighted by molar-refractivity contribution is 5.73. The maximum atomic E-state index is 11.0. The first-order valence-corrected chi connectivity index (χ1v) is 6.07. The second-order valence-corrected chi connectivity index (χ2v) is 4.89. The fourth-order valence-corrected chi connectivity index (χ4v) is 1.42. The molecule has 0 aliphatic carbocycles. The maximum Gasteiger partial charge on any atom is 0.312 e. The maximum absolute atomic E-state index is 11.0. The van der Waals surface area contributed by atoms with Crippen molar-refractivity contribution in [2.75, 3.05) is 13.7 Å². The monoisotopic (exact) mass is 264 g/mol. The van der Waals surface area contributed by atoms with Gasteiger partial charge in [0.05, 0.1) is 12.5 Å². The van der Waals surface area contributed by atoms with Crippen molar-refractivity contribution < 1.29 is 19.4 Å². The summed E-state index contributed by atoms with van der Waals surface area (Å²) in [6.07, 6.45) is 3.89. The summed E-state index contributed by atoms with van der Waals surface area (Å²) >= 11 is 0. The molecule has 0 atom stereocenters. The van der Waals surface area contributed by atoms with Gasteiger partial charge in [-0.15, -0.1) is 0 Å². The molecule has 104 valence electrons. The minimum atomic E-state index is -0.937. The Bertz CT molecular complexity index is 475. The van der Waals surface area contributed by atoms with E-state index in [0.717, 1.165) is 5.56 Å². The molecule has 0 amide bonds. The van der Waals surface area contributed by atoms with Crippen molar-refractivity contribution in [1.29, 1.82) is 0 Å². The van der Waals surface area contributed by atoms with E-state index in [0.29, 0.717) is 11.5 Å². The lowest BCUT2D eigenvalue weighted by molar-refractivity contribution is -0.148. The highest BCUT2D eigenvalue weighted by atomic mass is 16.5. The largest absolute Gasteiger partial charge is 0.493 e. The Hall–Kier alpha value is -1.97. The Morgan fingerprint density at radius 3 is 2.58 bits per heavy atom. The van der Waals surface area contributed by atoms with E-state index in [2.05, 4.69) is 0 Å². The van der Waals surface area contributed by atoms with Crippen LogP contribution in [-0.2, 0) is 4.79 Å². The summed E-state index contributed by atoms with van der Waals surface area (Å²) in [6, 6.07) is 5.53. The first-order chi connectivity index (χ1) is 8.90. The molecular formula is C15H20O4. The van der Waals surface area contributed by atoms with Crippen molar-refractivity contribution in [2.24, 2.45) is 5.41 Å². The van der Waals surface area contributed by atoms with Crippen molar-refractivity contribution >= 4 is 12.0 Å². The number of allylic oxidation sites excluding steroid dienone is 1. The lowest BCUT2D eigenvalue weighted by atomic mass is 9.95. The molecule has 0 aliphatic heterocycles. The van der Waals surface area contributed by atoms with Gasteiger partial charge in [-0.05, 0) is 38.5 Å². The number of ether oxygens (including phenoxy) is 2. The van der Waals surface area contributed by atoms with E-state index >= 15 is 0 Å². The van der Waals surface area contributed by atoms with E-state index in [1.807, 2.05) is 31.2 Å². The number of rotatable bonds is 6. The minimum Gasteiger partial charge on any atom is -0.493 e. The lowest BCUT2D eigenvalue weighted by Crippen LogP contribution is -2.30. The van der Waals surface area contributed by atoms with Crippen molar-refractivity contribution in [3.05, 3.63) is 29.8 Å². The van der Waals surface area contributed by atoms with Crippen LogP contribution in [0.5, 0.6) is 11.5 Å². The summed E-state index contributed by atoms with van der Waals surface area (Å²) in [5.74, 6) is 0.249. The van der Waals surface area contributed by atoms with Gasteiger partial charge in [0, 0.05) is 0 Å². The molecule has 1 aromatic rings. The number of aliphatic carboxylic acids is 1. The van der Waals surface area contributed by atoms with Crippen LogP contribution in [0.15, 0.2) is 24.3 Å². The molecule has 0 saturated carbocycles. The summed E-state index contributed by atoms with van der Waals surface area (Å²) < 4.78 is 10.8. The molecule has 1 aromatic carbocycles. The third kappa shape index (κ3) is 4.02. The van der Waals surface area contributed by atoms with Crippen LogP contribution in [0.4, 0.5) is 0 Å². The molecule has 0 fully saturated rings. The molecule has 0 spiro atoms. The SMILES string of the molecule is CC=Cc1ccc(OCC(C)(C)C(=O)O)c(OC)c1. The molecule has 0 aromatic heterocycles. The Balaban J connectivity index is 2.87. The quantitative estimate of drug-likeness (QED) is 0.857. The van der Waals surface area contributed by atoms with Gasteiger partial charge in [0.15, 0.2) is 11.5 Å². The Morgan fingerprint density at radius 1 is 1.37 bits per heavy atom. The number of benzene rings is 1. The molecule has 0 radical (unpaired) electrons. The summed E-state index contributed by atoms with van der Waals surface area (Å²) in [7, 11) is 1.56. The molecule has 4 heteroatoms. The zero-order valence-electron chi connectivity index (χ0n) is 11.8. The molecule has 0 saturated heterocycles. The second-order valence-electron chi connectivity index (χ2n) is 4.89. The number of hydrogen-bond donors (Lipinski definition) is 1.